The molecule has 328 valence electrons. The predicted molar refractivity (Wildman–Crippen MR) is 291 cm³/mol. The number of rotatable bonds is 4. The van der Waals surface area contributed by atoms with Gasteiger partial charge in [0.2, 0.25) is 0 Å². The molecule has 0 amide bonds. The van der Waals surface area contributed by atoms with E-state index < -0.39 is 0 Å². The van der Waals surface area contributed by atoms with Crippen molar-refractivity contribution in [3.05, 3.63) is 215 Å². The van der Waals surface area contributed by atoms with Gasteiger partial charge >= 0.3 is 0 Å². The maximum atomic E-state index is 2.64. The standard InChI is InChI=1S/C64H54BN3/c1-39-31-59-61-60(32-39)68(62-40(2)33-43(34-41(62)3)42-19-11-9-12-20-42)57-35-44(63(4,5)6)27-30-53(57)65(61)54-37-50-49-24-16-18-26-55(49)66(45-21-13-10-14-22-45)56(50)38-58(54)67(59)46-28-29-48-47-23-15-17-25-51(47)64(7,8)52(48)36-46/h9-38H,1-8H3. The van der Waals surface area contributed by atoms with Crippen LogP contribution in [0.25, 0.3) is 49.7 Å². The Labute approximate surface area is 401 Å². The van der Waals surface area contributed by atoms with Crippen molar-refractivity contribution < 1.29 is 0 Å². The number of nitrogens with zero attached hydrogens (tertiary/aromatic N) is 3. The van der Waals surface area contributed by atoms with E-state index in [4.69, 9.17) is 0 Å². The largest absolute Gasteiger partial charge is 0.311 e. The van der Waals surface area contributed by atoms with Crippen LogP contribution >= 0.6 is 0 Å². The van der Waals surface area contributed by atoms with Gasteiger partial charge in [0, 0.05) is 50.3 Å². The smallest absolute Gasteiger partial charge is 0.252 e. The summed E-state index contributed by atoms with van der Waals surface area (Å²) in [5, 5.41) is 2.53. The highest BCUT2D eigenvalue weighted by atomic mass is 15.2. The summed E-state index contributed by atoms with van der Waals surface area (Å²) >= 11 is 0. The number of benzene rings is 9. The van der Waals surface area contributed by atoms with Gasteiger partial charge in [-0.25, -0.2) is 0 Å². The van der Waals surface area contributed by atoms with Gasteiger partial charge in [0.25, 0.3) is 6.71 Å². The lowest BCUT2D eigenvalue weighted by Gasteiger charge is -2.45. The van der Waals surface area contributed by atoms with Crippen molar-refractivity contribution in [1.82, 2.24) is 4.57 Å². The van der Waals surface area contributed by atoms with Crippen LogP contribution in [0.4, 0.5) is 34.1 Å². The second-order valence-corrected chi connectivity index (χ2v) is 21.2. The molecule has 0 saturated heterocycles. The van der Waals surface area contributed by atoms with Gasteiger partial charge in [-0.3, -0.25) is 0 Å². The van der Waals surface area contributed by atoms with E-state index in [1.165, 1.54) is 128 Å². The van der Waals surface area contributed by atoms with Gasteiger partial charge in [-0.1, -0.05) is 150 Å². The van der Waals surface area contributed by atoms with Crippen LogP contribution < -0.4 is 26.2 Å². The number of aromatic nitrogens is 1. The minimum Gasteiger partial charge on any atom is -0.311 e. The Morgan fingerprint density at radius 1 is 0.456 bits per heavy atom. The zero-order valence-corrected chi connectivity index (χ0v) is 40.2. The van der Waals surface area contributed by atoms with E-state index in [0.29, 0.717) is 0 Å². The van der Waals surface area contributed by atoms with Gasteiger partial charge in [-0.05, 0) is 165 Å². The van der Waals surface area contributed by atoms with Crippen LogP contribution in [0.1, 0.15) is 68.0 Å². The summed E-state index contributed by atoms with van der Waals surface area (Å²) in [5.74, 6) is 0. The number of aryl methyl sites for hydroxylation is 3. The van der Waals surface area contributed by atoms with Crippen LogP contribution in [0, 0.1) is 20.8 Å². The van der Waals surface area contributed by atoms with E-state index in [2.05, 4.69) is 252 Å². The molecule has 0 atom stereocenters. The molecule has 0 fully saturated rings. The Bertz CT molecular complexity index is 3720. The first kappa shape index (κ1) is 40.7. The van der Waals surface area contributed by atoms with Crippen molar-refractivity contribution in [3.8, 4) is 27.9 Å². The molecular formula is C64H54BN3. The predicted octanol–water partition coefficient (Wildman–Crippen LogP) is 15.1. The molecule has 68 heavy (non-hydrogen) atoms. The van der Waals surface area contributed by atoms with Crippen molar-refractivity contribution in [1.29, 1.82) is 0 Å². The van der Waals surface area contributed by atoms with E-state index in [1.54, 1.807) is 0 Å². The molecule has 9 aromatic carbocycles. The van der Waals surface area contributed by atoms with E-state index in [0.717, 1.165) is 5.69 Å². The van der Waals surface area contributed by atoms with Gasteiger partial charge < -0.3 is 14.4 Å². The van der Waals surface area contributed by atoms with E-state index >= 15 is 0 Å². The van der Waals surface area contributed by atoms with Gasteiger partial charge in [0.05, 0.1) is 16.7 Å². The second-order valence-electron chi connectivity index (χ2n) is 21.2. The Kier molecular flexibility index (Phi) is 8.66. The highest BCUT2D eigenvalue weighted by molar-refractivity contribution is 7.00. The van der Waals surface area contributed by atoms with Crippen molar-refractivity contribution >= 4 is 79.0 Å². The molecule has 10 aromatic rings. The third-order valence-corrected chi connectivity index (χ3v) is 15.5. The minimum atomic E-state index is -0.153. The Morgan fingerprint density at radius 2 is 1.10 bits per heavy atom. The fraction of sp³-hybridized carbons (Fsp3) is 0.156. The van der Waals surface area contributed by atoms with E-state index in [-0.39, 0.29) is 17.5 Å². The zero-order valence-electron chi connectivity index (χ0n) is 40.2. The fourth-order valence-electron chi connectivity index (χ4n) is 12.4. The highest BCUT2D eigenvalue weighted by Gasteiger charge is 2.45. The molecule has 3 nitrogen and oxygen atoms in total. The molecule has 1 aromatic heterocycles. The van der Waals surface area contributed by atoms with Crippen molar-refractivity contribution in [3.63, 3.8) is 0 Å². The van der Waals surface area contributed by atoms with Crippen molar-refractivity contribution in [2.75, 3.05) is 9.80 Å². The van der Waals surface area contributed by atoms with Gasteiger partial charge in [0.15, 0.2) is 0 Å². The summed E-state index contributed by atoms with van der Waals surface area (Å²) in [6.45, 7) is 18.7. The Morgan fingerprint density at radius 3 is 1.85 bits per heavy atom. The van der Waals surface area contributed by atoms with Crippen LogP contribution in [-0.4, -0.2) is 11.3 Å². The maximum absolute atomic E-state index is 2.64. The van der Waals surface area contributed by atoms with Gasteiger partial charge in [-0.15, -0.1) is 0 Å². The number of hydrogen-bond acceptors (Lipinski definition) is 2. The Balaban J connectivity index is 1.14. The topological polar surface area (TPSA) is 11.4 Å². The third kappa shape index (κ3) is 5.79. The average Bonchev–Trinajstić information content (AvgIpc) is 3.78. The first-order valence-electron chi connectivity index (χ1n) is 24.3. The summed E-state index contributed by atoms with van der Waals surface area (Å²) < 4.78 is 2.47. The van der Waals surface area contributed by atoms with Gasteiger partial charge in [0.1, 0.15) is 0 Å². The fourth-order valence-corrected chi connectivity index (χ4v) is 12.4. The third-order valence-electron chi connectivity index (χ3n) is 15.5. The molecule has 1 aliphatic carbocycles. The summed E-state index contributed by atoms with van der Waals surface area (Å²) in [7, 11) is 0. The molecule has 0 radical (unpaired) electrons. The van der Waals surface area contributed by atoms with Gasteiger partial charge in [-0.2, -0.15) is 0 Å². The number of fused-ring (bicyclic) bond motifs is 10. The summed E-state index contributed by atoms with van der Waals surface area (Å²) in [6.07, 6.45) is 0. The lowest BCUT2D eigenvalue weighted by molar-refractivity contribution is 0.590. The minimum absolute atomic E-state index is 0.0188. The van der Waals surface area contributed by atoms with Crippen molar-refractivity contribution in [2.24, 2.45) is 0 Å². The van der Waals surface area contributed by atoms with E-state index in [1.807, 2.05) is 0 Å². The molecule has 0 spiro atoms. The first-order valence-corrected chi connectivity index (χ1v) is 24.3. The van der Waals surface area contributed by atoms with E-state index in [9.17, 15) is 0 Å². The molecule has 0 N–H and O–H groups in total. The molecule has 3 aliphatic rings. The quantitative estimate of drug-likeness (QED) is 0.163. The van der Waals surface area contributed by atoms with Crippen LogP contribution in [0.2, 0.25) is 0 Å². The average molecular weight is 876 g/mol. The molecule has 3 heterocycles. The summed E-state index contributed by atoms with van der Waals surface area (Å²) in [4.78, 5) is 5.26. The summed E-state index contributed by atoms with van der Waals surface area (Å²) in [6, 6.07) is 69.1. The zero-order chi connectivity index (χ0) is 46.4. The molecule has 13 rings (SSSR count). The van der Waals surface area contributed by atoms with Crippen LogP contribution in [-0.2, 0) is 10.8 Å². The molecule has 0 saturated carbocycles. The molecule has 0 bridgehead atoms. The molecular weight excluding hydrogens is 822 g/mol. The summed E-state index contributed by atoms with van der Waals surface area (Å²) in [5.41, 5.74) is 27.8. The lowest BCUT2D eigenvalue weighted by Crippen LogP contribution is -2.61. The van der Waals surface area contributed by atoms with Crippen molar-refractivity contribution in [2.45, 2.75) is 66.2 Å². The monoisotopic (exact) mass is 875 g/mol. The SMILES string of the molecule is Cc1cc2c3c(c1)N(c1c(C)cc(-c4ccccc4)cc1C)c1cc(C(C)(C)C)ccc1B3c1cc3c4ccccc4n(-c4ccccc4)c3cc1N2c1ccc2c(c1)C(C)(C)c1ccccc1-2. The van der Waals surface area contributed by atoms with Crippen LogP contribution in [0.15, 0.2) is 182 Å². The Hall–Kier alpha value is -7.56. The first-order chi connectivity index (χ1) is 32.9. The maximum Gasteiger partial charge on any atom is 0.252 e. The number of para-hydroxylation sites is 2. The highest BCUT2D eigenvalue weighted by Crippen LogP contribution is 2.53. The second kappa shape index (κ2) is 14.5. The molecule has 2 aliphatic heterocycles. The molecule has 0 unspecified atom stereocenters. The number of anilines is 6. The van der Waals surface area contributed by atoms with Crippen LogP contribution in [0.3, 0.4) is 0 Å². The van der Waals surface area contributed by atoms with Crippen LogP contribution in [0.5, 0.6) is 0 Å². The number of hydrogen-bond donors (Lipinski definition) is 0. The molecule has 4 heteroatoms. The normalized spacial score (nSPS) is 14.2. The lowest BCUT2D eigenvalue weighted by atomic mass is 9.33.